The highest BCUT2D eigenvalue weighted by Gasteiger charge is 2.40. The molecular weight excluding hydrogens is 278 g/mol. The van der Waals surface area contributed by atoms with Gasteiger partial charge in [-0.25, -0.2) is 8.78 Å². The van der Waals surface area contributed by atoms with Gasteiger partial charge in [-0.1, -0.05) is 6.07 Å². The predicted octanol–water partition coefficient (Wildman–Crippen LogP) is 3.62. The highest BCUT2D eigenvalue weighted by atomic mass is 19.1. The maximum atomic E-state index is 14.1. The summed E-state index contributed by atoms with van der Waals surface area (Å²) in [7, 11) is 0. The van der Waals surface area contributed by atoms with E-state index in [2.05, 4.69) is 0 Å². The van der Waals surface area contributed by atoms with Crippen LogP contribution in [-0.4, -0.2) is 12.6 Å². The molecule has 1 unspecified atom stereocenters. The van der Waals surface area contributed by atoms with Crippen molar-refractivity contribution in [3.63, 3.8) is 0 Å². The Morgan fingerprint density at radius 1 is 1.33 bits per heavy atom. The van der Waals surface area contributed by atoms with Gasteiger partial charge in [0.1, 0.15) is 17.4 Å². The second kappa shape index (κ2) is 6.08. The standard InChI is InChI=1S/C16H16F2O3/c1-3-20-15(19)16(2,10-12-5-4-8-21-12)13-7-6-11(17)9-14(13)18/h4-9H,3,10H2,1-2H3. The van der Waals surface area contributed by atoms with Gasteiger partial charge in [0.2, 0.25) is 0 Å². The molecule has 2 aromatic rings. The first-order valence-electron chi connectivity index (χ1n) is 6.62. The fourth-order valence-electron chi connectivity index (χ4n) is 2.27. The van der Waals surface area contributed by atoms with Crippen LogP contribution in [0.2, 0.25) is 0 Å². The van der Waals surface area contributed by atoms with Crippen LogP contribution >= 0.6 is 0 Å². The molecule has 0 radical (unpaired) electrons. The molecule has 0 bridgehead atoms. The molecule has 1 atom stereocenters. The molecule has 1 heterocycles. The third-order valence-corrected chi connectivity index (χ3v) is 3.36. The van der Waals surface area contributed by atoms with Gasteiger partial charge in [-0.05, 0) is 32.0 Å². The monoisotopic (exact) mass is 294 g/mol. The molecule has 1 aromatic carbocycles. The molecule has 0 saturated carbocycles. The zero-order valence-electron chi connectivity index (χ0n) is 11.9. The molecule has 5 heteroatoms. The predicted molar refractivity (Wildman–Crippen MR) is 72.8 cm³/mol. The van der Waals surface area contributed by atoms with Crippen molar-refractivity contribution in [2.75, 3.05) is 6.61 Å². The molecule has 0 fully saturated rings. The summed E-state index contributed by atoms with van der Waals surface area (Å²) in [6, 6.07) is 6.53. The summed E-state index contributed by atoms with van der Waals surface area (Å²) in [6.07, 6.45) is 1.60. The van der Waals surface area contributed by atoms with Gasteiger partial charge < -0.3 is 9.15 Å². The van der Waals surface area contributed by atoms with Crippen LogP contribution in [0.15, 0.2) is 41.0 Å². The van der Waals surface area contributed by atoms with Crippen molar-refractivity contribution in [3.8, 4) is 0 Å². The number of halogens is 2. The molecule has 2 rings (SSSR count). The fourth-order valence-corrected chi connectivity index (χ4v) is 2.27. The zero-order chi connectivity index (χ0) is 15.5. The average molecular weight is 294 g/mol. The van der Waals surface area contributed by atoms with E-state index >= 15 is 0 Å². The lowest BCUT2D eigenvalue weighted by Crippen LogP contribution is -2.37. The van der Waals surface area contributed by atoms with Crippen molar-refractivity contribution in [2.24, 2.45) is 0 Å². The van der Waals surface area contributed by atoms with E-state index in [1.165, 1.54) is 12.3 Å². The van der Waals surface area contributed by atoms with Crippen LogP contribution in [0.25, 0.3) is 0 Å². The summed E-state index contributed by atoms with van der Waals surface area (Å²) in [4.78, 5) is 12.3. The molecule has 21 heavy (non-hydrogen) atoms. The van der Waals surface area contributed by atoms with Crippen LogP contribution < -0.4 is 0 Å². The van der Waals surface area contributed by atoms with E-state index in [9.17, 15) is 13.6 Å². The normalized spacial score (nSPS) is 13.7. The van der Waals surface area contributed by atoms with Gasteiger partial charge in [0.05, 0.1) is 18.3 Å². The van der Waals surface area contributed by atoms with Crippen LogP contribution in [0.3, 0.4) is 0 Å². The zero-order valence-corrected chi connectivity index (χ0v) is 11.9. The van der Waals surface area contributed by atoms with Crippen molar-refractivity contribution >= 4 is 5.97 Å². The molecule has 0 amide bonds. The lowest BCUT2D eigenvalue weighted by molar-refractivity contribution is -0.149. The summed E-state index contributed by atoms with van der Waals surface area (Å²) in [5.41, 5.74) is -1.20. The number of furan rings is 1. The first-order chi connectivity index (χ1) is 9.97. The Morgan fingerprint density at radius 2 is 2.10 bits per heavy atom. The smallest absolute Gasteiger partial charge is 0.316 e. The topological polar surface area (TPSA) is 39.4 Å². The quantitative estimate of drug-likeness (QED) is 0.791. The Morgan fingerprint density at radius 3 is 2.67 bits per heavy atom. The summed E-state index contributed by atoms with van der Waals surface area (Å²) < 4.78 is 37.5. The molecule has 0 spiro atoms. The summed E-state index contributed by atoms with van der Waals surface area (Å²) >= 11 is 0. The number of benzene rings is 1. The summed E-state index contributed by atoms with van der Waals surface area (Å²) in [5, 5.41) is 0. The first-order valence-corrected chi connectivity index (χ1v) is 6.62. The van der Waals surface area contributed by atoms with E-state index in [0.29, 0.717) is 5.76 Å². The van der Waals surface area contributed by atoms with E-state index < -0.39 is 23.0 Å². The number of ether oxygens (including phenoxy) is 1. The second-order valence-corrected chi connectivity index (χ2v) is 4.93. The lowest BCUT2D eigenvalue weighted by atomic mass is 9.78. The molecular formula is C16H16F2O3. The number of esters is 1. The molecule has 0 saturated heterocycles. The van der Waals surface area contributed by atoms with E-state index in [-0.39, 0.29) is 18.6 Å². The fraction of sp³-hybridized carbons (Fsp3) is 0.312. The lowest BCUT2D eigenvalue weighted by Gasteiger charge is -2.27. The van der Waals surface area contributed by atoms with Crippen LogP contribution in [0, 0.1) is 11.6 Å². The molecule has 0 N–H and O–H groups in total. The molecule has 1 aromatic heterocycles. The van der Waals surface area contributed by atoms with Crippen molar-refractivity contribution in [1.82, 2.24) is 0 Å². The van der Waals surface area contributed by atoms with Crippen molar-refractivity contribution in [2.45, 2.75) is 25.7 Å². The molecule has 0 aliphatic heterocycles. The first kappa shape index (κ1) is 15.2. The number of carbonyl (C=O) groups excluding carboxylic acids is 1. The van der Waals surface area contributed by atoms with Gasteiger partial charge in [-0.2, -0.15) is 0 Å². The molecule has 0 aliphatic carbocycles. The Kier molecular flexibility index (Phi) is 4.40. The van der Waals surface area contributed by atoms with Crippen LogP contribution in [-0.2, 0) is 21.4 Å². The SMILES string of the molecule is CCOC(=O)C(C)(Cc1ccco1)c1ccc(F)cc1F. The number of hydrogen-bond donors (Lipinski definition) is 0. The minimum Gasteiger partial charge on any atom is -0.469 e. The van der Waals surface area contributed by atoms with Gasteiger partial charge in [-0.15, -0.1) is 0 Å². The average Bonchev–Trinajstić information content (AvgIpc) is 2.91. The highest BCUT2D eigenvalue weighted by Crippen LogP contribution is 2.32. The summed E-state index contributed by atoms with van der Waals surface area (Å²) in [5.74, 6) is -1.53. The van der Waals surface area contributed by atoms with E-state index in [1.807, 2.05) is 0 Å². The van der Waals surface area contributed by atoms with Gasteiger partial charge in [0.15, 0.2) is 0 Å². The van der Waals surface area contributed by atoms with Crippen molar-refractivity contribution in [1.29, 1.82) is 0 Å². The van der Waals surface area contributed by atoms with Crippen LogP contribution in [0.4, 0.5) is 8.78 Å². The minimum absolute atomic E-state index is 0.0822. The maximum Gasteiger partial charge on any atom is 0.316 e. The molecule has 112 valence electrons. The van der Waals surface area contributed by atoms with Gasteiger partial charge >= 0.3 is 5.97 Å². The van der Waals surface area contributed by atoms with Gasteiger partial charge in [0, 0.05) is 18.1 Å². The Bertz CT molecular complexity index is 622. The summed E-state index contributed by atoms with van der Waals surface area (Å²) in [6.45, 7) is 3.41. The number of hydrogen-bond acceptors (Lipinski definition) is 3. The second-order valence-electron chi connectivity index (χ2n) is 4.93. The van der Waals surface area contributed by atoms with Crippen molar-refractivity contribution in [3.05, 3.63) is 59.6 Å². The molecule has 0 aliphatic rings. The Hall–Kier alpha value is -2.17. The minimum atomic E-state index is -1.29. The Balaban J connectivity index is 2.46. The number of carbonyl (C=O) groups is 1. The third-order valence-electron chi connectivity index (χ3n) is 3.36. The van der Waals surface area contributed by atoms with Gasteiger partial charge in [-0.3, -0.25) is 4.79 Å². The Labute approximate surface area is 121 Å². The van der Waals surface area contributed by atoms with E-state index in [1.54, 1.807) is 26.0 Å². The van der Waals surface area contributed by atoms with E-state index in [4.69, 9.17) is 9.15 Å². The maximum absolute atomic E-state index is 14.1. The largest absolute Gasteiger partial charge is 0.469 e. The van der Waals surface area contributed by atoms with Gasteiger partial charge in [0.25, 0.3) is 0 Å². The van der Waals surface area contributed by atoms with Crippen molar-refractivity contribution < 1.29 is 22.7 Å². The van der Waals surface area contributed by atoms with Crippen LogP contribution in [0.5, 0.6) is 0 Å². The number of rotatable bonds is 5. The highest BCUT2D eigenvalue weighted by molar-refractivity contribution is 5.83. The molecule has 3 nitrogen and oxygen atoms in total. The third kappa shape index (κ3) is 3.12. The van der Waals surface area contributed by atoms with Crippen LogP contribution in [0.1, 0.15) is 25.2 Å². The van der Waals surface area contributed by atoms with E-state index in [0.717, 1.165) is 12.1 Å².